The highest BCUT2D eigenvalue weighted by Crippen LogP contribution is 2.18. The molecule has 2 aromatic rings. The molecule has 0 spiro atoms. The Balaban J connectivity index is 0.00000102. The summed E-state index contributed by atoms with van der Waals surface area (Å²) < 4.78 is 10.2. The lowest BCUT2D eigenvalue weighted by Crippen LogP contribution is -2.07. The second-order valence-corrected chi connectivity index (χ2v) is 3.85. The quantitative estimate of drug-likeness (QED) is 0.792. The van der Waals surface area contributed by atoms with Crippen molar-refractivity contribution in [1.82, 2.24) is 10.2 Å². The lowest BCUT2D eigenvalue weighted by molar-refractivity contribution is -0.142. The minimum Gasteiger partial charge on any atom is -0.466 e. The van der Waals surface area contributed by atoms with E-state index in [2.05, 4.69) is 10.2 Å². The largest absolute Gasteiger partial charge is 0.466 e. The van der Waals surface area contributed by atoms with Gasteiger partial charge in [-0.05, 0) is 26.0 Å². The van der Waals surface area contributed by atoms with Gasteiger partial charge in [0.2, 0.25) is 11.8 Å². The molecule has 0 aliphatic carbocycles. The maximum atomic E-state index is 11.3. The molecule has 0 aliphatic rings. The van der Waals surface area contributed by atoms with Crippen LogP contribution in [0.2, 0.25) is 0 Å². The molecule has 0 N–H and O–H groups in total. The molecular weight excluding hydrogens is 280 g/mol. The zero-order valence-electron chi connectivity index (χ0n) is 14.3. The smallest absolute Gasteiger partial charge is 0.315 e. The molecule has 1 aromatic heterocycles. The van der Waals surface area contributed by atoms with Crippen molar-refractivity contribution in [3.8, 4) is 11.5 Å². The predicted molar refractivity (Wildman–Crippen MR) is 87.5 cm³/mol. The van der Waals surface area contributed by atoms with Crippen molar-refractivity contribution in [2.75, 3.05) is 6.61 Å². The molecule has 1 aromatic carbocycles. The van der Waals surface area contributed by atoms with Crippen LogP contribution < -0.4 is 0 Å². The third-order valence-electron chi connectivity index (χ3n) is 2.37. The van der Waals surface area contributed by atoms with Crippen LogP contribution >= 0.6 is 0 Å². The maximum Gasteiger partial charge on any atom is 0.315 e. The predicted octanol–water partition coefficient (Wildman–Crippen LogP) is 4.20. The highest BCUT2D eigenvalue weighted by molar-refractivity contribution is 5.71. The van der Waals surface area contributed by atoms with Gasteiger partial charge in [0.25, 0.3) is 0 Å². The van der Waals surface area contributed by atoms with Crippen LogP contribution in [0.1, 0.15) is 46.1 Å². The molecule has 0 fully saturated rings. The first kappa shape index (κ1) is 19.8. The summed E-state index contributed by atoms with van der Waals surface area (Å²) in [5.41, 5.74) is 1.99. The number of carbonyl (C=O) groups is 1. The molecule has 0 unspecified atom stereocenters. The number of hydrogen-bond acceptors (Lipinski definition) is 5. The van der Waals surface area contributed by atoms with Crippen LogP contribution in [0.15, 0.2) is 28.7 Å². The van der Waals surface area contributed by atoms with Gasteiger partial charge in [-0.25, -0.2) is 0 Å². The van der Waals surface area contributed by atoms with E-state index in [4.69, 9.17) is 9.15 Å². The Kier molecular flexibility index (Phi) is 10.4. The third-order valence-corrected chi connectivity index (χ3v) is 2.37. The summed E-state index contributed by atoms with van der Waals surface area (Å²) in [6.07, 6.45) is 0.00665. The van der Waals surface area contributed by atoms with Crippen molar-refractivity contribution < 1.29 is 13.9 Å². The van der Waals surface area contributed by atoms with Crippen LogP contribution in [-0.4, -0.2) is 22.8 Å². The number of benzene rings is 1. The summed E-state index contributed by atoms with van der Waals surface area (Å²) in [6.45, 7) is 12.1. The summed E-state index contributed by atoms with van der Waals surface area (Å²) in [5, 5.41) is 7.72. The highest BCUT2D eigenvalue weighted by atomic mass is 16.5. The second kappa shape index (κ2) is 11.5. The molecule has 0 saturated heterocycles. The molecule has 0 saturated carbocycles. The topological polar surface area (TPSA) is 65.2 Å². The van der Waals surface area contributed by atoms with E-state index in [0.29, 0.717) is 12.5 Å². The Labute approximate surface area is 132 Å². The fourth-order valence-electron chi connectivity index (χ4n) is 1.47. The van der Waals surface area contributed by atoms with Crippen molar-refractivity contribution >= 4 is 5.97 Å². The second-order valence-electron chi connectivity index (χ2n) is 3.85. The van der Waals surface area contributed by atoms with Crippen LogP contribution in [-0.2, 0) is 16.0 Å². The molecular formula is C17H26N2O3. The fraction of sp³-hybridized carbons (Fsp3) is 0.471. The number of aromatic nitrogens is 2. The monoisotopic (exact) mass is 306 g/mol. The van der Waals surface area contributed by atoms with E-state index >= 15 is 0 Å². The van der Waals surface area contributed by atoms with E-state index < -0.39 is 0 Å². The Morgan fingerprint density at radius 3 is 2.23 bits per heavy atom. The van der Waals surface area contributed by atoms with E-state index in [9.17, 15) is 4.79 Å². The number of nitrogens with zero attached hydrogens (tertiary/aromatic N) is 2. The van der Waals surface area contributed by atoms with Gasteiger partial charge in [-0.1, -0.05) is 45.4 Å². The van der Waals surface area contributed by atoms with Gasteiger partial charge in [0.15, 0.2) is 0 Å². The summed E-state index contributed by atoms with van der Waals surface area (Å²) in [5.74, 6) is 0.315. The van der Waals surface area contributed by atoms with Gasteiger partial charge in [0, 0.05) is 5.56 Å². The van der Waals surface area contributed by atoms with Crippen molar-refractivity contribution in [3.63, 3.8) is 0 Å². The molecule has 5 heteroatoms. The number of aryl methyl sites for hydroxylation is 1. The molecule has 0 aliphatic heterocycles. The number of ether oxygens (including phenoxy) is 1. The Hall–Kier alpha value is -2.17. The van der Waals surface area contributed by atoms with Gasteiger partial charge in [-0.15, -0.1) is 10.2 Å². The molecule has 122 valence electrons. The molecule has 0 atom stereocenters. The van der Waals surface area contributed by atoms with E-state index in [1.807, 2.05) is 58.9 Å². The Morgan fingerprint density at radius 1 is 1.09 bits per heavy atom. The molecule has 2 rings (SSSR count). The lowest BCUT2D eigenvalue weighted by atomic mass is 10.1. The lowest BCUT2D eigenvalue weighted by Gasteiger charge is -1.97. The highest BCUT2D eigenvalue weighted by Gasteiger charge is 2.12. The Morgan fingerprint density at radius 2 is 1.68 bits per heavy atom. The van der Waals surface area contributed by atoms with Crippen LogP contribution in [0.5, 0.6) is 0 Å². The summed E-state index contributed by atoms with van der Waals surface area (Å²) in [6, 6.07) is 7.73. The van der Waals surface area contributed by atoms with Gasteiger partial charge < -0.3 is 9.15 Å². The third kappa shape index (κ3) is 6.52. The maximum absolute atomic E-state index is 11.3. The van der Waals surface area contributed by atoms with Gasteiger partial charge in [-0.3, -0.25) is 4.79 Å². The molecule has 1 heterocycles. The van der Waals surface area contributed by atoms with E-state index in [1.165, 1.54) is 0 Å². The van der Waals surface area contributed by atoms with Gasteiger partial charge in [0.1, 0.15) is 6.42 Å². The number of hydrogen-bond donors (Lipinski definition) is 0. The van der Waals surface area contributed by atoms with E-state index in [0.717, 1.165) is 11.1 Å². The van der Waals surface area contributed by atoms with Crippen LogP contribution in [0.25, 0.3) is 11.5 Å². The Bertz CT molecular complexity index is 533. The average molecular weight is 306 g/mol. The van der Waals surface area contributed by atoms with Gasteiger partial charge in [0.05, 0.1) is 6.61 Å². The van der Waals surface area contributed by atoms with Crippen LogP contribution in [0.3, 0.4) is 0 Å². The average Bonchev–Trinajstić information content (AvgIpc) is 3.00. The zero-order chi connectivity index (χ0) is 17.0. The summed E-state index contributed by atoms with van der Waals surface area (Å²) in [4.78, 5) is 11.3. The molecule has 0 amide bonds. The van der Waals surface area contributed by atoms with E-state index in [1.54, 1.807) is 6.92 Å². The van der Waals surface area contributed by atoms with Crippen LogP contribution in [0.4, 0.5) is 0 Å². The number of rotatable bonds is 4. The minimum atomic E-state index is -0.364. The standard InChI is InChI=1S/C13H14N2O3.2C2H6/c1-3-17-12(16)8-11-14-15-13(18-11)10-6-4-9(2)5-7-10;2*1-2/h4-7H,3,8H2,1-2H3;2*1-2H3. The SMILES string of the molecule is CC.CC.CCOC(=O)Cc1nnc(-c2ccc(C)cc2)o1. The number of carbonyl (C=O) groups excluding carboxylic acids is 1. The first-order chi connectivity index (χ1) is 10.7. The van der Waals surface area contributed by atoms with Gasteiger partial charge >= 0.3 is 5.97 Å². The van der Waals surface area contributed by atoms with Crippen LogP contribution in [0, 0.1) is 6.92 Å². The van der Waals surface area contributed by atoms with Gasteiger partial charge in [-0.2, -0.15) is 0 Å². The van der Waals surface area contributed by atoms with Crippen molar-refractivity contribution in [2.45, 2.75) is 48.0 Å². The summed E-state index contributed by atoms with van der Waals surface area (Å²) >= 11 is 0. The number of esters is 1. The molecule has 22 heavy (non-hydrogen) atoms. The van der Waals surface area contributed by atoms with Crippen molar-refractivity contribution in [2.24, 2.45) is 0 Å². The first-order valence-corrected chi connectivity index (χ1v) is 7.74. The van der Waals surface area contributed by atoms with Crippen molar-refractivity contribution in [1.29, 1.82) is 0 Å². The minimum absolute atomic E-state index is 0.00665. The first-order valence-electron chi connectivity index (χ1n) is 7.74. The molecule has 5 nitrogen and oxygen atoms in total. The molecule has 0 bridgehead atoms. The normalized spacial score (nSPS) is 9.00. The molecule has 0 radical (unpaired) electrons. The fourth-order valence-corrected chi connectivity index (χ4v) is 1.47. The van der Waals surface area contributed by atoms with Crippen molar-refractivity contribution in [3.05, 3.63) is 35.7 Å². The van der Waals surface area contributed by atoms with E-state index in [-0.39, 0.29) is 18.3 Å². The zero-order valence-corrected chi connectivity index (χ0v) is 14.3. The summed E-state index contributed by atoms with van der Waals surface area (Å²) in [7, 11) is 0.